The molecule has 0 radical (unpaired) electrons. The number of methoxy groups -OCH3 is 2. The molecule has 1 aliphatic heterocycles. The van der Waals surface area contributed by atoms with Crippen LogP contribution in [0, 0.1) is 0 Å². The van der Waals surface area contributed by atoms with Crippen molar-refractivity contribution in [3.8, 4) is 17.2 Å². The van der Waals surface area contributed by atoms with Gasteiger partial charge in [0.05, 0.1) is 37.1 Å². The molecule has 0 saturated carbocycles. The van der Waals surface area contributed by atoms with Crippen LogP contribution < -0.4 is 29.1 Å². The van der Waals surface area contributed by atoms with E-state index in [0.717, 1.165) is 46.6 Å². The lowest BCUT2D eigenvalue weighted by atomic mass is 9.83. The van der Waals surface area contributed by atoms with Crippen LogP contribution in [0.2, 0.25) is 0 Å². The number of hydrogen-bond donors (Lipinski definition) is 0. The first-order valence-electron chi connectivity index (χ1n) is 12.7. The molecule has 0 spiro atoms. The van der Waals surface area contributed by atoms with Gasteiger partial charge in [-0.3, -0.25) is 9.36 Å². The Morgan fingerprint density at radius 3 is 2.58 bits per heavy atom. The first-order chi connectivity index (χ1) is 18.6. The first-order valence-corrected chi connectivity index (χ1v) is 13.5. The van der Waals surface area contributed by atoms with Crippen LogP contribution in [0.3, 0.4) is 0 Å². The summed E-state index contributed by atoms with van der Waals surface area (Å²) in [6, 6.07) is 21.8. The van der Waals surface area contributed by atoms with E-state index in [9.17, 15) is 4.79 Å². The van der Waals surface area contributed by atoms with E-state index in [4.69, 9.17) is 19.2 Å². The van der Waals surface area contributed by atoms with Crippen molar-refractivity contribution in [3.63, 3.8) is 0 Å². The summed E-state index contributed by atoms with van der Waals surface area (Å²) in [7, 11) is 3.29. The topological polar surface area (TPSA) is 62.0 Å². The Labute approximate surface area is 224 Å². The van der Waals surface area contributed by atoms with Crippen LogP contribution in [-0.2, 0) is 6.42 Å². The largest absolute Gasteiger partial charge is 0.496 e. The van der Waals surface area contributed by atoms with Gasteiger partial charge in [-0.1, -0.05) is 59.9 Å². The number of benzene rings is 3. The summed E-state index contributed by atoms with van der Waals surface area (Å²) in [6.07, 6.45) is 3.65. The number of aromatic nitrogens is 1. The molecular weight excluding hydrogens is 496 g/mol. The fraction of sp³-hybridized carbons (Fsp3) is 0.226. The Morgan fingerprint density at radius 2 is 1.76 bits per heavy atom. The summed E-state index contributed by atoms with van der Waals surface area (Å²) < 4.78 is 19.4. The number of rotatable bonds is 6. The number of para-hydroxylation sites is 1. The van der Waals surface area contributed by atoms with Gasteiger partial charge in [0.2, 0.25) is 0 Å². The Balaban J connectivity index is 1.59. The fourth-order valence-electron chi connectivity index (χ4n) is 5.39. The van der Waals surface area contributed by atoms with Crippen LogP contribution in [0.15, 0.2) is 82.1 Å². The zero-order valence-electron chi connectivity index (χ0n) is 21.6. The maximum absolute atomic E-state index is 14.0. The van der Waals surface area contributed by atoms with Crippen molar-refractivity contribution in [1.29, 1.82) is 0 Å². The van der Waals surface area contributed by atoms with Crippen molar-refractivity contribution in [2.24, 2.45) is 4.99 Å². The van der Waals surface area contributed by atoms with E-state index in [1.807, 2.05) is 54.0 Å². The summed E-state index contributed by atoms with van der Waals surface area (Å²) in [6.45, 7) is 2.45. The van der Waals surface area contributed by atoms with Crippen LogP contribution in [-0.4, -0.2) is 25.4 Å². The van der Waals surface area contributed by atoms with Crippen molar-refractivity contribution in [2.45, 2.75) is 25.8 Å². The van der Waals surface area contributed by atoms with Crippen molar-refractivity contribution < 1.29 is 14.2 Å². The molecule has 2 heterocycles. The second-order valence-electron chi connectivity index (χ2n) is 9.20. The Bertz CT molecular complexity index is 1750. The van der Waals surface area contributed by atoms with Crippen LogP contribution in [0.1, 0.15) is 41.6 Å². The maximum atomic E-state index is 14.0. The number of thiazole rings is 1. The average Bonchev–Trinajstić information content (AvgIpc) is 3.26. The second-order valence-corrected chi connectivity index (χ2v) is 10.2. The van der Waals surface area contributed by atoms with Crippen molar-refractivity contribution in [3.05, 3.63) is 114 Å². The molecular formula is C31H28N2O4S. The summed E-state index contributed by atoms with van der Waals surface area (Å²) in [5, 5.41) is 0. The standard InChI is InChI=1S/C31H28N2O4S/c1-4-37-26-17-19(13-16-25(26)36-3)18-27-30(34)33-29(22-11-7-8-12-24(22)35-2)23-15-14-20-9-5-6-10-21(20)28(23)32-31(33)38-27/h5-13,16-18,29H,4,14-15H2,1-3H3/b27-18+/t29-/m0/s1. The molecule has 3 aromatic carbocycles. The SMILES string of the molecule is CCOc1cc(/C=c2/sc3n(c2=O)[C@@H](c2ccccc2OC)C2=C(N=3)c3ccccc3CC2)ccc1OC. The van der Waals surface area contributed by atoms with E-state index >= 15 is 0 Å². The van der Waals surface area contributed by atoms with Crippen LogP contribution in [0.5, 0.6) is 17.2 Å². The normalized spacial score (nSPS) is 16.3. The maximum Gasteiger partial charge on any atom is 0.271 e. The third kappa shape index (κ3) is 4.03. The van der Waals surface area contributed by atoms with Gasteiger partial charge in [-0.05, 0) is 60.7 Å². The lowest BCUT2D eigenvalue weighted by Gasteiger charge is -2.31. The van der Waals surface area contributed by atoms with E-state index in [0.29, 0.717) is 27.4 Å². The highest BCUT2D eigenvalue weighted by molar-refractivity contribution is 7.07. The number of aryl methyl sites for hydroxylation is 1. The molecule has 4 aromatic rings. The number of nitrogens with zero attached hydrogens (tertiary/aromatic N) is 2. The molecule has 6 rings (SSSR count). The highest BCUT2D eigenvalue weighted by Gasteiger charge is 2.33. The van der Waals surface area contributed by atoms with Gasteiger partial charge in [-0.2, -0.15) is 0 Å². The first kappa shape index (κ1) is 24.2. The number of hydrogen-bond acceptors (Lipinski definition) is 6. The zero-order chi connectivity index (χ0) is 26.2. The predicted molar refractivity (Wildman–Crippen MR) is 150 cm³/mol. The molecule has 38 heavy (non-hydrogen) atoms. The summed E-state index contributed by atoms with van der Waals surface area (Å²) >= 11 is 1.41. The molecule has 1 atom stereocenters. The van der Waals surface area contributed by atoms with Gasteiger partial charge in [0, 0.05) is 11.1 Å². The minimum absolute atomic E-state index is 0.0659. The molecule has 2 aliphatic rings. The number of ether oxygens (including phenoxy) is 3. The monoisotopic (exact) mass is 524 g/mol. The van der Waals surface area contributed by atoms with Crippen molar-refractivity contribution >= 4 is 23.1 Å². The van der Waals surface area contributed by atoms with Crippen LogP contribution >= 0.6 is 11.3 Å². The predicted octanol–water partition coefficient (Wildman–Crippen LogP) is 4.73. The Hall–Kier alpha value is -4.10. The molecule has 1 aromatic heterocycles. The molecule has 0 N–H and O–H groups in total. The van der Waals surface area contributed by atoms with Crippen molar-refractivity contribution in [2.75, 3.05) is 20.8 Å². The summed E-state index contributed by atoms with van der Waals surface area (Å²) in [4.78, 5) is 19.8. The Morgan fingerprint density at radius 1 is 0.974 bits per heavy atom. The molecule has 0 fully saturated rings. The quantitative estimate of drug-likeness (QED) is 0.366. The van der Waals surface area contributed by atoms with E-state index in [2.05, 4.69) is 30.3 Å². The molecule has 192 valence electrons. The minimum Gasteiger partial charge on any atom is -0.496 e. The number of allylic oxidation sites excluding steroid dienone is 1. The molecule has 0 unspecified atom stereocenters. The lowest BCUT2D eigenvalue weighted by Crippen LogP contribution is -2.39. The van der Waals surface area contributed by atoms with Gasteiger partial charge in [-0.25, -0.2) is 4.99 Å². The second kappa shape index (κ2) is 9.99. The van der Waals surface area contributed by atoms with Gasteiger partial charge < -0.3 is 14.2 Å². The summed E-state index contributed by atoms with van der Waals surface area (Å²) in [5.74, 6) is 2.07. The summed E-state index contributed by atoms with van der Waals surface area (Å²) in [5.41, 5.74) is 6.31. The van der Waals surface area contributed by atoms with Gasteiger partial charge in [0.15, 0.2) is 16.3 Å². The minimum atomic E-state index is -0.289. The van der Waals surface area contributed by atoms with E-state index in [-0.39, 0.29) is 11.6 Å². The molecule has 0 saturated heterocycles. The molecule has 7 heteroatoms. The van der Waals surface area contributed by atoms with E-state index < -0.39 is 0 Å². The van der Waals surface area contributed by atoms with Crippen molar-refractivity contribution in [1.82, 2.24) is 4.57 Å². The molecule has 1 aliphatic carbocycles. The highest BCUT2D eigenvalue weighted by Crippen LogP contribution is 2.43. The average molecular weight is 525 g/mol. The lowest BCUT2D eigenvalue weighted by molar-refractivity contribution is 0.311. The van der Waals surface area contributed by atoms with Gasteiger partial charge in [0.1, 0.15) is 5.75 Å². The Kier molecular flexibility index (Phi) is 6.37. The fourth-order valence-corrected chi connectivity index (χ4v) is 6.39. The van der Waals surface area contributed by atoms with Gasteiger partial charge >= 0.3 is 0 Å². The van der Waals surface area contributed by atoms with Gasteiger partial charge in [-0.15, -0.1) is 0 Å². The van der Waals surface area contributed by atoms with E-state index in [1.54, 1.807) is 14.2 Å². The molecule has 0 bridgehead atoms. The zero-order valence-corrected chi connectivity index (χ0v) is 22.4. The van der Waals surface area contributed by atoms with Crippen LogP contribution in [0.25, 0.3) is 11.8 Å². The van der Waals surface area contributed by atoms with Gasteiger partial charge in [0.25, 0.3) is 5.56 Å². The highest BCUT2D eigenvalue weighted by atomic mass is 32.1. The third-order valence-corrected chi connectivity index (χ3v) is 8.07. The van der Waals surface area contributed by atoms with Crippen LogP contribution in [0.4, 0.5) is 0 Å². The molecule has 6 nitrogen and oxygen atoms in total. The third-order valence-electron chi connectivity index (χ3n) is 7.09. The smallest absolute Gasteiger partial charge is 0.271 e. The number of fused-ring (bicyclic) bond motifs is 3. The molecule has 0 amide bonds. The van der Waals surface area contributed by atoms with E-state index in [1.165, 1.54) is 16.9 Å².